The van der Waals surface area contributed by atoms with Gasteiger partial charge in [-0.05, 0) is 30.9 Å². The van der Waals surface area contributed by atoms with Crippen LogP contribution in [-0.2, 0) is 5.60 Å². The average molecular weight is 426 g/mol. The third kappa shape index (κ3) is 3.09. The maximum atomic E-state index is 15.7. The Hall–Kier alpha value is -3.26. The summed E-state index contributed by atoms with van der Waals surface area (Å²) in [4.78, 5) is 25.5. The zero-order valence-corrected chi connectivity index (χ0v) is 16.5. The molecule has 3 aromatic rings. The van der Waals surface area contributed by atoms with E-state index in [-0.39, 0.29) is 35.7 Å². The number of aromatic nitrogens is 1. The molecule has 0 spiro atoms. The Labute approximate surface area is 176 Å². The predicted molar refractivity (Wildman–Crippen MR) is 111 cm³/mol. The number of benzene rings is 2. The van der Waals surface area contributed by atoms with Crippen molar-refractivity contribution in [2.24, 2.45) is 0 Å². The molecule has 1 saturated heterocycles. The molecule has 31 heavy (non-hydrogen) atoms. The molecule has 1 unspecified atom stereocenters. The Kier molecular flexibility index (Phi) is 4.37. The fraction of sp³-hybridized carbons (Fsp3) is 0.304. The van der Waals surface area contributed by atoms with Gasteiger partial charge in [-0.2, -0.15) is 0 Å². The molecule has 0 amide bonds. The molecule has 1 aromatic heterocycles. The molecule has 1 aliphatic carbocycles. The zero-order chi connectivity index (χ0) is 21.9. The molecule has 2 fully saturated rings. The van der Waals surface area contributed by atoms with Gasteiger partial charge in [-0.3, -0.25) is 4.79 Å². The topological polar surface area (TPSA) is 82.8 Å². The molecule has 1 atom stereocenters. The third-order valence-electron chi connectivity index (χ3n) is 6.23. The Morgan fingerprint density at radius 3 is 2.52 bits per heavy atom. The van der Waals surface area contributed by atoms with Crippen LogP contribution in [0, 0.1) is 11.6 Å². The largest absolute Gasteiger partial charge is 0.477 e. The van der Waals surface area contributed by atoms with E-state index in [0.29, 0.717) is 12.0 Å². The molecule has 2 N–H and O–H groups in total. The molecule has 2 aromatic carbocycles. The first-order valence-electron chi connectivity index (χ1n) is 10.1. The second-order valence-electron chi connectivity index (χ2n) is 8.30. The number of nitrogens with zero attached hydrogens (tertiary/aromatic N) is 2. The van der Waals surface area contributed by atoms with Gasteiger partial charge in [0.25, 0.3) is 0 Å². The molecule has 1 saturated carbocycles. The third-order valence-corrected chi connectivity index (χ3v) is 6.23. The van der Waals surface area contributed by atoms with Crippen molar-refractivity contribution < 1.29 is 23.8 Å². The first kappa shape index (κ1) is 19.7. The monoisotopic (exact) mass is 426 g/mol. The number of carboxylic acid groups (broad SMARTS) is 1. The number of anilines is 1. The van der Waals surface area contributed by atoms with E-state index >= 15 is 8.78 Å². The molecule has 1 aliphatic heterocycles. The number of carbonyl (C=O) groups is 1. The summed E-state index contributed by atoms with van der Waals surface area (Å²) >= 11 is 0. The molecule has 0 bridgehead atoms. The number of hydrogen-bond acceptors (Lipinski definition) is 4. The van der Waals surface area contributed by atoms with Gasteiger partial charge in [-0.25, -0.2) is 13.6 Å². The van der Waals surface area contributed by atoms with Gasteiger partial charge in [0.15, 0.2) is 5.82 Å². The average Bonchev–Trinajstić information content (AvgIpc) is 3.51. The molecule has 160 valence electrons. The normalized spacial score (nSPS) is 21.1. The Morgan fingerprint density at radius 2 is 1.87 bits per heavy atom. The summed E-state index contributed by atoms with van der Waals surface area (Å²) in [6.07, 6.45) is 2.89. The minimum absolute atomic E-state index is 0.00275. The van der Waals surface area contributed by atoms with Crippen molar-refractivity contribution in [3.05, 3.63) is 75.6 Å². The quantitative estimate of drug-likeness (QED) is 0.668. The zero-order valence-electron chi connectivity index (χ0n) is 16.5. The van der Waals surface area contributed by atoms with Gasteiger partial charge in [-0.1, -0.05) is 30.3 Å². The van der Waals surface area contributed by atoms with Crippen LogP contribution in [-0.4, -0.2) is 33.8 Å². The van der Waals surface area contributed by atoms with Crippen LogP contribution in [0.2, 0.25) is 0 Å². The van der Waals surface area contributed by atoms with E-state index in [9.17, 15) is 19.8 Å². The van der Waals surface area contributed by atoms with Crippen molar-refractivity contribution in [3.63, 3.8) is 0 Å². The van der Waals surface area contributed by atoms with Crippen LogP contribution in [0.3, 0.4) is 0 Å². The van der Waals surface area contributed by atoms with Crippen molar-refractivity contribution >= 4 is 22.6 Å². The van der Waals surface area contributed by atoms with Gasteiger partial charge in [0.2, 0.25) is 5.43 Å². The molecular weight excluding hydrogens is 406 g/mol. The summed E-state index contributed by atoms with van der Waals surface area (Å²) in [7, 11) is 0. The van der Waals surface area contributed by atoms with E-state index in [1.54, 1.807) is 24.3 Å². The summed E-state index contributed by atoms with van der Waals surface area (Å²) in [6.45, 7) is 0.225. The second-order valence-corrected chi connectivity index (χ2v) is 8.30. The molecule has 5 rings (SSSR count). The standard InChI is InChI=1S/C23H20F2N2O4/c24-17-10-15-19(27(14-6-7-14)11-16(21(15)28)22(29)30)18(25)20(17)26-9-8-23(31,12-26)13-4-2-1-3-5-13/h1-5,10-11,14,31H,6-9,12H2,(H,29,30). The molecule has 6 nitrogen and oxygen atoms in total. The number of rotatable bonds is 4. The first-order valence-corrected chi connectivity index (χ1v) is 10.1. The number of halogens is 2. The number of pyridine rings is 1. The number of β-amino-alcohol motifs (C(OH)–C–C–N with tert-alkyl or cyclic N) is 1. The van der Waals surface area contributed by atoms with E-state index in [1.165, 1.54) is 9.47 Å². The number of carboxylic acids is 1. The summed E-state index contributed by atoms with van der Waals surface area (Å²) in [5.74, 6) is -3.30. The van der Waals surface area contributed by atoms with Crippen LogP contribution in [0.25, 0.3) is 10.9 Å². The minimum atomic E-state index is -1.43. The maximum absolute atomic E-state index is 15.7. The van der Waals surface area contributed by atoms with Crippen molar-refractivity contribution in [1.29, 1.82) is 0 Å². The summed E-state index contributed by atoms with van der Waals surface area (Å²) in [5, 5.41) is 20.1. The van der Waals surface area contributed by atoms with Crippen LogP contribution in [0.1, 0.15) is 41.2 Å². The number of fused-ring (bicyclic) bond motifs is 1. The smallest absolute Gasteiger partial charge is 0.341 e. The molecule has 0 radical (unpaired) electrons. The van der Waals surface area contributed by atoms with Crippen molar-refractivity contribution in [3.8, 4) is 0 Å². The number of aliphatic hydroxyl groups is 1. The van der Waals surface area contributed by atoms with Gasteiger partial charge in [-0.15, -0.1) is 0 Å². The first-order chi connectivity index (χ1) is 14.8. The fourth-order valence-corrected chi connectivity index (χ4v) is 4.48. The van der Waals surface area contributed by atoms with Crippen LogP contribution < -0.4 is 10.3 Å². The van der Waals surface area contributed by atoms with Crippen LogP contribution >= 0.6 is 0 Å². The van der Waals surface area contributed by atoms with Gasteiger partial charge in [0, 0.05) is 18.8 Å². The lowest BCUT2D eigenvalue weighted by atomic mass is 9.93. The highest BCUT2D eigenvalue weighted by atomic mass is 19.1. The Morgan fingerprint density at radius 1 is 1.16 bits per heavy atom. The van der Waals surface area contributed by atoms with Crippen molar-refractivity contribution in [2.75, 3.05) is 18.0 Å². The second kappa shape index (κ2) is 6.88. The van der Waals surface area contributed by atoms with E-state index in [2.05, 4.69) is 0 Å². The van der Waals surface area contributed by atoms with Gasteiger partial charge < -0.3 is 19.7 Å². The minimum Gasteiger partial charge on any atom is -0.477 e. The molecule has 2 aliphatic rings. The highest BCUT2D eigenvalue weighted by Crippen LogP contribution is 2.41. The van der Waals surface area contributed by atoms with E-state index in [0.717, 1.165) is 25.1 Å². The SMILES string of the molecule is O=C(O)c1cn(C2CC2)c2c(F)c(N3CCC(O)(c4ccccc4)C3)c(F)cc2c1=O. The van der Waals surface area contributed by atoms with Gasteiger partial charge >= 0.3 is 5.97 Å². The van der Waals surface area contributed by atoms with Crippen LogP contribution in [0.15, 0.2) is 47.4 Å². The lowest BCUT2D eigenvalue weighted by Gasteiger charge is -2.26. The van der Waals surface area contributed by atoms with E-state index < -0.39 is 34.2 Å². The summed E-state index contributed by atoms with van der Waals surface area (Å²) < 4.78 is 32.3. The van der Waals surface area contributed by atoms with Gasteiger partial charge in [0.1, 0.15) is 22.7 Å². The lowest BCUT2D eigenvalue weighted by molar-refractivity contribution is 0.0605. The molecule has 2 heterocycles. The van der Waals surface area contributed by atoms with Crippen molar-refractivity contribution in [2.45, 2.75) is 30.9 Å². The van der Waals surface area contributed by atoms with Crippen LogP contribution in [0.5, 0.6) is 0 Å². The highest BCUT2D eigenvalue weighted by Gasteiger charge is 2.40. The molecule has 8 heteroatoms. The predicted octanol–water partition coefficient (Wildman–Crippen LogP) is 3.41. The summed E-state index contributed by atoms with van der Waals surface area (Å²) in [6, 6.07) is 9.74. The highest BCUT2D eigenvalue weighted by molar-refractivity contribution is 5.94. The molecular formula is C23H20F2N2O4. The number of aromatic carboxylic acids is 1. The summed E-state index contributed by atoms with van der Waals surface area (Å²) in [5.41, 5.74) is -2.41. The van der Waals surface area contributed by atoms with Gasteiger partial charge in [0.05, 0.1) is 17.4 Å². The van der Waals surface area contributed by atoms with Crippen molar-refractivity contribution in [1.82, 2.24) is 4.57 Å². The number of hydrogen-bond donors (Lipinski definition) is 2. The van der Waals surface area contributed by atoms with E-state index in [4.69, 9.17) is 0 Å². The Balaban J connectivity index is 1.66. The van der Waals surface area contributed by atoms with Crippen LogP contribution in [0.4, 0.5) is 14.5 Å². The fourth-order valence-electron chi connectivity index (χ4n) is 4.48. The maximum Gasteiger partial charge on any atom is 0.341 e. The lowest BCUT2D eigenvalue weighted by Crippen LogP contribution is -2.31. The Bertz CT molecular complexity index is 1270. The van der Waals surface area contributed by atoms with E-state index in [1.807, 2.05) is 6.07 Å².